The van der Waals surface area contributed by atoms with Gasteiger partial charge in [-0.25, -0.2) is 0 Å². The molecule has 3 nitrogen and oxygen atoms in total. The van der Waals surface area contributed by atoms with Crippen molar-refractivity contribution >= 4 is 0 Å². The van der Waals surface area contributed by atoms with Crippen LogP contribution in [0.25, 0.3) is 0 Å². The molecule has 17 heavy (non-hydrogen) atoms. The van der Waals surface area contributed by atoms with Crippen molar-refractivity contribution in [3.05, 3.63) is 0 Å². The Bertz CT molecular complexity index is 247. The molecule has 0 aromatic heterocycles. The van der Waals surface area contributed by atoms with Gasteiger partial charge in [-0.15, -0.1) is 0 Å². The molecule has 1 saturated heterocycles. The van der Waals surface area contributed by atoms with E-state index in [4.69, 9.17) is 11.0 Å². The molecule has 0 spiro atoms. The van der Waals surface area contributed by atoms with Crippen LogP contribution in [0.3, 0.4) is 0 Å². The summed E-state index contributed by atoms with van der Waals surface area (Å²) in [6, 6.07) is 2.37. The molecule has 1 rings (SSSR count). The lowest BCUT2D eigenvalue weighted by Gasteiger charge is -2.32. The SMILES string of the molecule is CC(C)(C#N)CCCN1CCC(CCN)CC1. The van der Waals surface area contributed by atoms with Gasteiger partial charge < -0.3 is 10.6 Å². The second-order valence-corrected chi connectivity index (χ2v) is 5.96. The van der Waals surface area contributed by atoms with Crippen LogP contribution in [0.15, 0.2) is 0 Å². The molecular formula is C14H27N3. The maximum Gasteiger partial charge on any atom is 0.0683 e. The third-order valence-corrected chi connectivity index (χ3v) is 3.86. The molecule has 1 aliphatic heterocycles. The second-order valence-electron chi connectivity index (χ2n) is 5.96. The third-order valence-electron chi connectivity index (χ3n) is 3.86. The third kappa shape index (κ3) is 5.52. The van der Waals surface area contributed by atoms with Crippen molar-refractivity contribution in [1.29, 1.82) is 5.26 Å². The van der Waals surface area contributed by atoms with Gasteiger partial charge in [0, 0.05) is 0 Å². The summed E-state index contributed by atoms with van der Waals surface area (Å²) >= 11 is 0. The summed E-state index contributed by atoms with van der Waals surface area (Å²) in [6.07, 6.45) is 5.95. The number of likely N-dealkylation sites (tertiary alicyclic amines) is 1. The molecule has 1 heterocycles. The van der Waals surface area contributed by atoms with Gasteiger partial charge in [0.15, 0.2) is 0 Å². The van der Waals surface area contributed by atoms with E-state index < -0.39 is 0 Å². The standard InChI is InChI=1S/C14H27N3/c1-14(2,12-16)7-3-9-17-10-5-13(4-8-15)6-11-17/h13H,3-11,15H2,1-2H3. The molecule has 2 N–H and O–H groups in total. The summed E-state index contributed by atoms with van der Waals surface area (Å²) in [5.41, 5.74) is 5.44. The molecular weight excluding hydrogens is 210 g/mol. The molecule has 0 atom stereocenters. The van der Waals surface area contributed by atoms with Crippen LogP contribution in [-0.2, 0) is 0 Å². The van der Waals surface area contributed by atoms with Gasteiger partial charge >= 0.3 is 0 Å². The monoisotopic (exact) mass is 237 g/mol. The van der Waals surface area contributed by atoms with Crippen molar-refractivity contribution in [3.63, 3.8) is 0 Å². The molecule has 0 radical (unpaired) electrons. The smallest absolute Gasteiger partial charge is 0.0683 e. The average molecular weight is 237 g/mol. The Morgan fingerprint density at radius 3 is 2.53 bits per heavy atom. The van der Waals surface area contributed by atoms with E-state index in [1.807, 2.05) is 13.8 Å². The minimum Gasteiger partial charge on any atom is -0.330 e. The molecule has 0 aromatic rings. The first kappa shape index (κ1) is 14.5. The first-order valence-corrected chi connectivity index (χ1v) is 6.91. The van der Waals surface area contributed by atoms with Crippen LogP contribution < -0.4 is 5.73 Å². The highest BCUT2D eigenvalue weighted by atomic mass is 15.1. The van der Waals surface area contributed by atoms with Gasteiger partial charge in [-0.3, -0.25) is 0 Å². The summed E-state index contributed by atoms with van der Waals surface area (Å²) in [7, 11) is 0. The molecule has 0 unspecified atom stereocenters. The Kier molecular flexibility index (Phi) is 5.94. The maximum atomic E-state index is 8.95. The number of piperidine rings is 1. The number of nitrogens with two attached hydrogens (primary N) is 1. The van der Waals surface area contributed by atoms with Gasteiger partial charge in [-0.05, 0) is 78.0 Å². The fourth-order valence-electron chi connectivity index (χ4n) is 2.53. The largest absolute Gasteiger partial charge is 0.330 e. The Hall–Kier alpha value is -0.590. The lowest BCUT2D eigenvalue weighted by atomic mass is 9.89. The maximum absolute atomic E-state index is 8.95. The van der Waals surface area contributed by atoms with Crippen molar-refractivity contribution in [2.24, 2.45) is 17.1 Å². The van der Waals surface area contributed by atoms with Gasteiger partial charge in [-0.1, -0.05) is 0 Å². The summed E-state index contributed by atoms with van der Waals surface area (Å²) in [5, 5.41) is 8.95. The summed E-state index contributed by atoms with van der Waals surface area (Å²) in [5.74, 6) is 0.854. The van der Waals surface area contributed by atoms with E-state index in [9.17, 15) is 0 Å². The van der Waals surface area contributed by atoms with Crippen LogP contribution in [0, 0.1) is 22.7 Å². The molecule has 0 aromatic carbocycles. The van der Waals surface area contributed by atoms with Crippen molar-refractivity contribution < 1.29 is 0 Å². The second kappa shape index (κ2) is 6.98. The van der Waals surface area contributed by atoms with E-state index in [2.05, 4.69) is 11.0 Å². The highest BCUT2D eigenvalue weighted by Crippen LogP contribution is 2.23. The van der Waals surface area contributed by atoms with E-state index in [1.54, 1.807) is 0 Å². The molecule has 98 valence electrons. The van der Waals surface area contributed by atoms with Crippen LogP contribution in [0.1, 0.15) is 46.0 Å². The molecule has 0 aliphatic carbocycles. The van der Waals surface area contributed by atoms with Gasteiger partial charge in [0.2, 0.25) is 0 Å². The Morgan fingerprint density at radius 2 is 2.00 bits per heavy atom. The van der Waals surface area contributed by atoms with Gasteiger partial charge in [0.05, 0.1) is 11.5 Å². The van der Waals surface area contributed by atoms with Gasteiger partial charge in [-0.2, -0.15) is 5.26 Å². The highest BCUT2D eigenvalue weighted by Gasteiger charge is 2.20. The molecule has 0 amide bonds. The van der Waals surface area contributed by atoms with Crippen molar-refractivity contribution in [3.8, 4) is 6.07 Å². The molecule has 0 bridgehead atoms. The quantitative estimate of drug-likeness (QED) is 0.771. The van der Waals surface area contributed by atoms with E-state index in [1.165, 1.54) is 32.4 Å². The van der Waals surface area contributed by atoms with E-state index in [0.717, 1.165) is 31.8 Å². The molecule has 3 heteroatoms. The van der Waals surface area contributed by atoms with Crippen molar-refractivity contribution in [2.45, 2.75) is 46.0 Å². The molecule has 0 saturated carbocycles. The van der Waals surface area contributed by atoms with E-state index in [0.29, 0.717) is 0 Å². The van der Waals surface area contributed by atoms with Crippen LogP contribution in [0.5, 0.6) is 0 Å². The minimum absolute atomic E-state index is 0.155. The zero-order valence-electron chi connectivity index (χ0n) is 11.4. The fraction of sp³-hybridized carbons (Fsp3) is 0.929. The van der Waals surface area contributed by atoms with Crippen molar-refractivity contribution in [1.82, 2.24) is 4.90 Å². The topological polar surface area (TPSA) is 53.0 Å². The van der Waals surface area contributed by atoms with E-state index in [-0.39, 0.29) is 5.41 Å². The van der Waals surface area contributed by atoms with Crippen molar-refractivity contribution in [2.75, 3.05) is 26.2 Å². The highest BCUT2D eigenvalue weighted by molar-refractivity contribution is 4.91. The van der Waals surface area contributed by atoms with E-state index >= 15 is 0 Å². The van der Waals surface area contributed by atoms with Crippen LogP contribution in [0.2, 0.25) is 0 Å². The number of nitrogens with zero attached hydrogens (tertiary/aromatic N) is 2. The van der Waals surface area contributed by atoms with Crippen LogP contribution in [0.4, 0.5) is 0 Å². The lowest BCUT2D eigenvalue weighted by Crippen LogP contribution is -2.35. The van der Waals surface area contributed by atoms with Crippen LogP contribution >= 0.6 is 0 Å². The first-order chi connectivity index (χ1) is 8.07. The number of nitriles is 1. The summed E-state index contributed by atoms with van der Waals surface area (Å²) < 4.78 is 0. The van der Waals surface area contributed by atoms with Gasteiger partial charge in [0.1, 0.15) is 0 Å². The van der Waals surface area contributed by atoms with Crippen LogP contribution in [-0.4, -0.2) is 31.1 Å². The number of rotatable bonds is 6. The predicted octanol–water partition coefficient (Wildman–Crippen LogP) is 2.38. The Morgan fingerprint density at radius 1 is 1.35 bits per heavy atom. The number of hydrogen-bond acceptors (Lipinski definition) is 3. The normalized spacial score (nSPS) is 19.2. The average Bonchev–Trinajstić information content (AvgIpc) is 2.32. The Balaban J connectivity index is 2.13. The zero-order valence-corrected chi connectivity index (χ0v) is 11.4. The minimum atomic E-state index is -0.155. The molecule has 1 fully saturated rings. The number of hydrogen-bond donors (Lipinski definition) is 1. The Labute approximate surface area is 106 Å². The van der Waals surface area contributed by atoms with Gasteiger partial charge in [0.25, 0.3) is 0 Å². The summed E-state index contributed by atoms with van der Waals surface area (Å²) in [4.78, 5) is 2.54. The zero-order chi connectivity index (χ0) is 12.7. The fourth-order valence-corrected chi connectivity index (χ4v) is 2.53. The predicted molar refractivity (Wildman–Crippen MR) is 71.5 cm³/mol. The summed E-state index contributed by atoms with van der Waals surface area (Å²) in [6.45, 7) is 8.48. The lowest BCUT2D eigenvalue weighted by molar-refractivity contribution is 0.173. The first-order valence-electron chi connectivity index (χ1n) is 6.91. The molecule has 1 aliphatic rings.